The molecule has 0 saturated heterocycles. The molecule has 0 aromatic heterocycles. The molecule has 0 N–H and O–H groups in total. The van der Waals surface area contributed by atoms with Crippen molar-refractivity contribution in [2.75, 3.05) is 13.2 Å². The van der Waals surface area contributed by atoms with Crippen molar-refractivity contribution in [1.29, 1.82) is 0 Å². The largest absolute Gasteiger partial charge is 0.490 e. The summed E-state index contributed by atoms with van der Waals surface area (Å²) in [7, 11) is 0. The summed E-state index contributed by atoms with van der Waals surface area (Å²) in [6.45, 7) is 5.96. The first-order chi connectivity index (χ1) is 12.9. The van der Waals surface area contributed by atoms with Gasteiger partial charge in [-0.05, 0) is 24.5 Å². The van der Waals surface area contributed by atoms with E-state index in [4.69, 9.17) is 9.47 Å². The van der Waals surface area contributed by atoms with Crippen LogP contribution in [-0.4, -0.2) is 13.2 Å². The van der Waals surface area contributed by atoms with Gasteiger partial charge in [0.25, 0.3) is 0 Å². The van der Waals surface area contributed by atoms with Crippen molar-refractivity contribution < 1.29 is 9.47 Å². The fourth-order valence-corrected chi connectivity index (χ4v) is 3.04. The molecule has 0 fully saturated rings. The predicted octanol–water partition coefficient (Wildman–Crippen LogP) is 7.27. The SMILES string of the molecule is CCCCCCOc1cccc(-c2ccccc2)c1OCCCCCC. The van der Waals surface area contributed by atoms with Crippen molar-refractivity contribution in [1.82, 2.24) is 0 Å². The Hall–Kier alpha value is -1.96. The van der Waals surface area contributed by atoms with E-state index in [-0.39, 0.29) is 0 Å². The average molecular weight is 355 g/mol. The van der Waals surface area contributed by atoms with Gasteiger partial charge >= 0.3 is 0 Å². The van der Waals surface area contributed by atoms with E-state index in [0.717, 1.165) is 43.1 Å². The lowest BCUT2D eigenvalue weighted by molar-refractivity contribution is 0.259. The molecule has 0 unspecified atom stereocenters. The first-order valence-corrected chi connectivity index (χ1v) is 10.3. The zero-order valence-electron chi connectivity index (χ0n) is 16.5. The maximum absolute atomic E-state index is 6.22. The van der Waals surface area contributed by atoms with Gasteiger partial charge in [0, 0.05) is 5.56 Å². The fourth-order valence-electron chi connectivity index (χ4n) is 3.04. The summed E-state index contributed by atoms with van der Waals surface area (Å²) in [4.78, 5) is 0. The van der Waals surface area contributed by atoms with Gasteiger partial charge in [-0.15, -0.1) is 0 Å². The molecule has 2 nitrogen and oxygen atoms in total. The molecular weight excluding hydrogens is 320 g/mol. The zero-order valence-corrected chi connectivity index (χ0v) is 16.5. The molecule has 0 amide bonds. The minimum Gasteiger partial charge on any atom is -0.490 e. The van der Waals surface area contributed by atoms with Gasteiger partial charge in [0.2, 0.25) is 0 Å². The third-order valence-electron chi connectivity index (χ3n) is 4.56. The molecule has 0 bridgehead atoms. The second-order valence-corrected chi connectivity index (χ2v) is 6.82. The van der Waals surface area contributed by atoms with Crippen LogP contribution in [0.5, 0.6) is 11.5 Å². The summed E-state index contributed by atoms with van der Waals surface area (Å²) in [5, 5.41) is 0. The van der Waals surface area contributed by atoms with E-state index in [0.29, 0.717) is 0 Å². The molecule has 142 valence electrons. The third-order valence-corrected chi connectivity index (χ3v) is 4.56. The van der Waals surface area contributed by atoms with Crippen molar-refractivity contribution in [3.05, 3.63) is 48.5 Å². The van der Waals surface area contributed by atoms with Crippen LogP contribution < -0.4 is 9.47 Å². The molecule has 2 aromatic rings. The van der Waals surface area contributed by atoms with E-state index in [1.807, 2.05) is 12.1 Å². The zero-order chi connectivity index (χ0) is 18.5. The van der Waals surface area contributed by atoms with E-state index in [1.54, 1.807) is 0 Å². The Morgan fingerprint density at radius 1 is 0.615 bits per heavy atom. The predicted molar refractivity (Wildman–Crippen MR) is 111 cm³/mol. The number of hydrogen-bond acceptors (Lipinski definition) is 2. The number of rotatable bonds is 13. The van der Waals surface area contributed by atoms with E-state index < -0.39 is 0 Å². The average Bonchev–Trinajstić information content (AvgIpc) is 2.69. The van der Waals surface area contributed by atoms with Crippen LogP contribution in [0.15, 0.2) is 48.5 Å². The van der Waals surface area contributed by atoms with Crippen molar-refractivity contribution in [3.63, 3.8) is 0 Å². The lowest BCUT2D eigenvalue weighted by Gasteiger charge is -2.17. The van der Waals surface area contributed by atoms with Gasteiger partial charge in [0.05, 0.1) is 13.2 Å². The van der Waals surface area contributed by atoms with Crippen LogP contribution in [0, 0.1) is 0 Å². The van der Waals surface area contributed by atoms with Crippen LogP contribution in [0.25, 0.3) is 11.1 Å². The summed E-state index contributed by atoms with van der Waals surface area (Å²) in [5.41, 5.74) is 2.29. The van der Waals surface area contributed by atoms with Gasteiger partial charge in [-0.25, -0.2) is 0 Å². The Morgan fingerprint density at radius 2 is 1.27 bits per heavy atom. The number of benzene rings is 2. The Kier molecular flexibility index (Phi) is 9.71. The third kappa shape index (κ3) is 6.74. The van der Waals surface area contributed by atoms with Crippen molar-refractivity contribution in [2.45, 2.75) is 65.2 Å². The maximum atomic E-state index is 6.22. The smallest absolute Gasteiger partial charge is 0.168 e. The summed E-state index contributed by atoms with van der Waals surface area (Å²) in [6.07, 6.45) is 9.66. The highest BCUT2D eigenvalue weighted by Crippen LogP contribution is 2.38. The van der Waals surface area contributed by atoms with Gasteiger partial charge < -0.3 is 9.47 Å². The Balaban J connectivity index is 2.09. The highest BCUT2D eigenvalue weighted by Gasteiger charge is 2.13. The number of hydrogen-bond donors (Lipinski definition) is 0. The van der Waals surface area contributed by atoms with Gasteiger partial charge in [0.1, 0.15) is 0 Å². The molecule has 0 aliphatic heterocycles. The Labute approximate surface area is 159 Å². The molecule has 0 spiro atoms. The molecule has 0 aliphatic carbocycles. The molecule has 0 radical (unpaired) electrons. The van der Waals surface area contributed by atoms with Gasteiger partial charge in [-0.2, -0.15) is 0 Å². The fraction of sp³-hybridized carbons (Fsp3) is 0.500. The molecule has 2 aromatic carbocycles. The van der Waals surface area contributed by atoms with E-state index in [9.17, 15) is 0 Å². The Morgan fingerprint density at radius 3 is 1.92 bits per heavy atom. The van der Waals surface area contributed by atoms with Crippen LogP contribution in [0.3, 0.4) is 0 Å². The summed E-state index contributed by atoms with van der Waals surface area (Å²) < 4.78 is 12.3. The molecule has 0 heterocycles. The number of para-hydroxylation sites is 1. The van der Waals surface area contributed by atoms with E-state index in [1.165, 1.54) is 44.1 Å². The van der Waals surface area contributed by atoms with Crippen molar-refractivity contribution in [3.8, 4) is 22.6 Å². The highest BCUT2D eigenvalue weighted by molar-refractivity contribution is 5.73. The van der Waals surface area contributed by atoms with E-state index >= 15 is 0 Å². The molecule has 2 rings (SSSR count). The second-order valence-electron chi connectivity index (χ2n) is 6.82. The lowest BCUT2D eigenvalue weighted by atomic mass is 10.0. The summed E-state index contributed by atoms with van der Waals surface area (Å²) in [6, 6.07) is 16.7. The lowest BCUT2D eigenvalue weighted by Crippen LogP contribution is -2.04. The van der Waals surface area contributed by atoms with Crippen molar-refractivity contribution in [2.24, 2.45) is 0 Å². The maximum Gasteiger partial charge on any atom is 0.168 e. The van der Waals surface area contributed by atoms with Gasteiger partial charge in [-0.3, -0.25) is 0 Å². The van der Waals surface area contributed by atoms with Gasteiger partial charge in [-0.1, -0.05) is 94.8 Å². The highest BCUT2D eigenvalue weighted by atomic mass is 16.5. The van der Waals surface area contributed by atoms with Gasteiger partial charge in [0.15, 0.2) is 11.5 Å². The second kappa shape index (κ2) is 12.4. The minimum absolute atomic E-state index is 0.746. The first-order valence-electron chi connectivity index (χ1n) is 10.3. The number of ether oxygens (including phenoxy) is 2. The molecule has 0 atom stereocenters. The molecule has 0 saturated carbocycles. The monoisotopic (exact) mass is 354 g/mol. The summed E-state index contributed by atoms with van der Waals surface area (Å²) >= 11 is 0. The molecular formula is C24H34O2. The number of unbranched alkanes of at least 4 members (excludes halogenated alkanes) is 6. The first kappa shape index (κ1) is 20.4. The van der Waals surface area contributed by atoms with Crippen LogP contribution >= 0.6 is 0 Å². The molecule has 0 aliphatic rings. The molecule has 26 heavy (non-hydrogen) atoms. The standard InChI is InChI=1S/C24H34O2/c1-3-5-7-12-19-25-23-18-14-17-22(21-15-10-9-11-16-21)24(23)26-20-13-8-6-4-2/h9-11,14-18H,3-8,12-13,19-20H2,1-2H3. The van der Waals surface area contributed by atoms with Crippen molar-refractivity contribution >= 4 is 0 Å². The van der Waals surface area contributed by atoms with Crippen LogP contribution in [0.4, 0.5) is 0 Å². The summed E-state index contributed by atoms with van der Waals surface area (Å²) in [5.74, 6) is 1.77. The minimum atomic E-state index is 0.746. The quantitative estimate of drug-likeness (QED) is 0.352. The van der Waals surface area contributed by atoms with Crippen LogP contribution in [0.1, 0.15) is 65.2 Å². The normalized spacial score (nSPS) is 10.7. The molecule has 2 heteroatoms. The van der Waals surface area contributed by atoms with Crippen LogP contribution in [-0.2, 0) is 0 Å². The Bertz CT molecular complexity index is 607. The topological polar surface area (TPSA) is 18.5 Å². The van der Waals surface area contributed by atoms with E-state index in [2.05, 4.69) is 50.2 Å². The van der Waals surface area contributed by atoms with Crippen LogP contribution in [0.2, 0.25) is 0 Å².